The normalized spacial score (nSPS) is 36.4. The molecule has 0 aromatic heterocycles. The quantitative estimate of drug-likeness (QED) is 0.688. The van der Waals surface area contributed by atoms with Gasteiger partial charge in [0.05, 0.1) is 18.9 Å². The number of rotatable bonds is 3. The molecular weight excluding hydrogens is 366 g/mol. The van der Waals surface area contributed by atoms with Gasteiger partial charge in [-0.05, 0) is 73.3 Å². The minimum absolute atomic E-state index is 0.00937. The van der Waals surface area contributed by atoms with Crippen LogP contribution in [0, 0.1) is 16.7 Å². The van der Waals surface area contributed by atoms with Gasteiger partial charge in [-0.3, -0.25) is 9.27 Å². The van der Waals surface area contributed by atoms with Gasteiger partial charge >= 0.3 is 10.3 Å². The molecule has 1 aromatic rings. The first kappa shape index (κ1) is 17.5. The molecule has 4 aliphatic carbocycles. The first-order chi connectivity index (χ1) is 12.7. The van der Waals surface area contributed by atoms with E-state index in [-0.39, 0.29) is 22.6 Å². The van der Waals surface area contributed by atoms with E-state index in [9.17, 15) is 13.5 Å². The molecule has 0 radical (unpaired) electrons. The molecule has 0 saturated heterocycles. The van der Waals surface area contributed by atoms with E-state index in [1.54, 1.807) is 6.07 Å². The minimum atomic E-state index is -4.36. The van der Waals surface area contributed by atoms with Crippen molar-refractivity contribution < 1.29 is 22.8 Å². The van der Waals surface area contributed by atoms with Crippen LogP contribution in [0.25, 0.3) is 5.57 Å². The molecule has 0 unspecified atom stereocenters. The van der Waals surface area contributed by atoms with E-state index in [1.165, 1.54) is 24.7 Å². The van der Waals surface area contributed by atoms with Crippen molar-refractivity contribution in [2.45, 2.75) is 51.6 Å². The number of hydrogen-bond acceptors (Lipinski definition) is 4. The first-order valence-electron chi connectivity index (χ1n) is 9.57. The molecule has 3 N–H and O–H groups in total. The molecule has 4 aliphatic rings. The first-order valence-corrected chi connectivity index (χ1v) is 11.0. The Hall–Kier alpha value is -1.57. The number of nitrogens with one attached hydrogen (secondary N) is 1. The fraction of sp³-hybridized carbons (Fsp3) is 0.600. The topological polar surface area (TPSA) is 95.9 Å². The summed E-state index contributed by atoms with van der Waals surface area (Å²) in [6.45, 7) is 2.27. The molecule has 6 nitrogen and oxygen atoms in total. The van der Waals surface area contributed by atoms with Crippen LogP contribution in [0.15, 0.2) is 17.7 Å². The summed E-state index contributed by atoms with van der Waals surface area (Å²) in [6.07, 6.45) is 5.60. The average molecular weight is 391 g/mol. The monoisotopic (exact) mass is 391 g/mol. The number of benzene rings is 1. The lowest BCUT2D eigenvalue weighted by atomic mass is 9.59. The summed E-state index contributed by atoms with van der Waals surface area (Å²) in [5.74, 6) is 1.01. The van der Waals surface area contributed by atoms with Crippen molar-refractivity contribution in [3.8, 4) is 5.75 Å². The third-order valence-corrected chi connectivity index (χ3v) is 8.28. The van der Waals surface area contributed by atoms with Crippen molar-refractivity contribution in [2.24, 2.45) is 16.7 Å². The number of fused-ring (bicyclic) bond motifs is 2. The van der Waals surface area contributed by atoms with Gasteiger partial charge in [-0.2, -0.15) is 8.42 Å². The molecular formula is C20H25NO5S. The average Bonchev–Trinajstić information content (AvgIpc) is 3.25. The predicted octanol–water partition coefficient (Wildman–Crippen LogP) is 3.18. The van der Waals surface area contributed by atoms with Crippen molar-refractivity contribution in [3.63, 3.8) is 0 Å². The zero-order valence-electron chi connectivity index (χ0n) is 15.6. The Kier molecular flexibility index (Phi) is 3.42. The Morgan fingerprint density at radius 1 is 1.26 bits per heavy atom. The van der Waals surface area contributed by atoms with E-state index in [0.717, 1.165) is 43.2 Å². The number of anilines is 1. The van der Waals surface area contributed by atoms with Gasteiger partial charge in [0, 0.05) is 10.8 Å². The van der Waals surface area contributed by atoms with Crippen LogP contribution in [0.5, 0.6) is 5.75 Å². The molecule has 0 aliphatic heterocycles. The second-order valence-corrected chi connectivity index (χ2v) is 9.94. The van der Waals surface area contributed by atoms with Gasteiger partial charge in [0.1, 0.15) is 5.75 Å². The standard InChI is InChI=1S/C20H25NO5S/c1-19-6-5-13-14-9-17(26-2)16(21-27(23,24)25)7-11(14)3-4-15(13)20(19)10-12(20)8-18(19)22/h7,9,12,18,21-22H,3-6,8,10H2,1-2H3,(H,23,24,25)/t12-,18-,19-,20+/m1/s1. The summed E-state index contributed by atoms with van der Waals surface area (Å²) in [7, 11) is -2.86. The molecule has 27 heavy (non-hydrogen) atoms. The van der Waals surface area contributed by atoms with Crippen LogP contribution >= 0.6 is 0 Å². The summed E-state index contributed by atoms with van der Waals surface area (Å²) in [5.41, 5.74) is 5.52. The molecule has 5 rings (SSSR count). The SMILES string of the molecule is COc1cc2c(cc1NS(=O)(=O)O)CCC1=C2CC[C@]2(C)[C@H](O)C[C@@H]3C[C@@]132. The highest BCUT2D eigenvalue weighted by Gasteiger charge is 2.74. The Morgan fingerprint density at radius 3 is 2.74 bits per heavy atom. The van der Waals surface area contributed by atoms with E-state index in [2.05, 4.69) is 11.6 Å². The zero-order valence-corrected chi connectivity index (χ0v) is 16.4. The molecule has 7 heteroatoms. The number of hydrogen-bond donors (Lipinski definition) is 3. The van der Waals surface area contributed by atoms with Gasteiger partial charge in [-0.15, -0.1) is 0 Å². The van der Waals surface area contributed by atoms with Crippen molar-refractivity contribution in [3.05, 3.63) is 28.8 Å². The summed E-state index contributed by atoms with van der Waals surface area (Å²) in [4.78, 5) is 0. The van der Waals surface area contributed by atoms with Gasteiger partial charge < -0.3 is 9.84 Å². The number of methoxy groups -OCH3 is 1. The third kappa shape index (κ3) is 2.22. The number of ether oxygens (including phenoxy) is 1. The van der Waals surface area contributed by atoms with E-state index in [0.29, 0.717) is 11.7 Å². The molecule has 146 valence electrons. The van der Waals surface area contributed by atoms with Crippen LogP contribution in [0.1, 0.15) is 50.2 Å². The third-order valence-electron chi connectivity index (χ3n) is 7.80. The van der Waals surface area contributed by atoms with Gasteiger partial charge in [-0.25, -0.2) is 0 Å². The lowest BCUT2D eigenvalue weighted by Gasteiger charge is -2.46. The highest BCUT2D eigenvalue weighted by atomic mass is 32.2. The van der Waals surface area contributed by atoms with Crippen molar-refractivity contribution in [2.75, 3.05) is 11.8 Å². The number of allylic oxidation sites excluding steroid dienone is 2. The molecule has 0 heterocycles. The second kappa shape index (κ2) is 5.27. The molecule has 2 fully saturated rings. The molecule has 1 aromatic carbocycles. The van der Waals surface area contributed by atoms with Crippen molar-refractivity contribution >= 4 is 21.6 Å². The van der Waals surface area contributed by atoms with Crippen LogP contribution in [0.4, 0.5) is 5.69 Å². The molecule has 4 atom stereocenters. The number of aliphatic hydroxyl groups excluding tert-OH is 1. The Balaban J connectivity index is 1.63. The smallest absolute Gasteiger partial charge is 0.357 e. The highest BCUT2D eigenvalue weighted by molar-refractivity contribution is 7.87. The van der Waals surface area contributed by atoms with E-state index in [1.807, 2.05) is 6.07 Å². The van der Waals surface area contributed by atoms with Crippen molar-refractivity contribution in [1.82, 2.24) is 0 Å². The number of aliphatic hydroxyl groups is 1. The Bertz CT molecular complexity index is 984. The Labute approximate surface area is 159 Å². The van der Waals surface area contributed by atoms with Crippen LogP contribution in [0.3, 0.4) is 0 Å². The van der Waals surface area contributed by atoms with Gasteiger partial charge in [-0.1, -0.05) is 12.5 Å². The summed E-state index contributed by atoms with van der Waals surface area (Å²) in [6, 6.07) is 3.68. The van der Waals surface area contributed by atoms with Crippen LogP contribution in [-0.4, -0.2) is 31.3 Å². The lowest BCUT2D eigenvalue weighted by molar-refractivity contribution is 0.0114. The Morgan fingerprint density at radius 2 is 2.04 bits per heavy atom. The molecule has 0 amide bonds. The van der Waals surface area contributed by atoms with Crippen LogP contribution in [-0.2, 0) is 16.7 Å². The fourth-order valence-electron chi connectivity index (χ4n) is 6.48. The summed E-state index contributed by atoms with van der Waals surface area (Å²) in [5, 5.41) is 10.7. The summed E-state index contributed by atoms with van der Waals surface area (Å²) >= 11 is 0. The van der Waals surface area contributed by atoms with Gasteiger partial charge in [0.2, 0.25) is 0 Å². The van der Waals surface area contributed by atoms with E-state index < -0.39 is 10.3 Å². The maximum Gasteiger partial charge on any atom is 0.357 e. The summed E-state index contributed by atoms with van der Waals surface area (Å²) < 4.78 is 39.2. The van der Waals surface area contributed by atoms with Gasteiger partial charge in [0.25, 0.3) is 0 Å². The van der Waals surface area contributed by atoms with Crippen LogP contribution in [0.2, 0.25) is 0 Å². The zero-order chi connectivity index (χ0) is 19.2. The van der Waals surface area contributed by atoms with E-state index >= 15 is 0 Å². The predicted molar refractivity (Wildman–Crippen MR) is 102 cm³/mol. The maximum atomic E-state index is 11.3. The van der Waals surface area contributed by atoms with E-state index in [4.69, 9.17) is 9.29 Å². The fourth-order valence-corrected chi connectivity index (χ4v) is 6.92. The van der Waals surface area contributed by atoms with Crippen molar-refractivity contribution in [1.29, 1.82) is 0 Å². The highest BCUT2D eigenvalue weighted by Crippen LogP contribution is 2.80. The largest absolute Gasteiger partial charge is 0.495 e. The van der Waals surface area contributed by atoms with Crippen LogP contribution < -0.4 is 9.46 Å². The lowest BCUT2D eigenvalue weighted by Crippen LogP contribution is -2.41. The molecule has 1 spiro atoms. The van der Waals surface area contributed by atoms with Gasteiger partial charge in [0.15, 0.2) is 0 Å². The number of aryl methyl sites for hydroxylation is 1. The second-order valence-electron chi connectivity index (χ2n) is 8.79. The maximum absolute atomic E-state index is 11.3. The minimum Gasteiger partial charge on any atom is -0.495 e. The molecule has 0 bridgehead atoms. The molecule has 2 saturated carbocycles.